The molecule has 0 bridgehead atoms. The molecule has 1 atom stereocenters. The largest absolute Gasteiger partial charge is 0.395 e. The van der Waals surface area contributed by atoms with E-state index in [1.54, 1.807) is 20.8 Å². The zero-order chi connectivity index (χ0) is 10.9. The quantitative estimate of drug-likeness (QED) is 0.738. The Morgan fingerprint density at radius 3 is 2.14 bits per heavy atom. The highest BCUT2D eigenvalue weighted by molar-refractivity contribution is 7.89. The van der Waals surface area contributed by atoms with E-state index in [2.05, 4.69) is 0 Å². The summed E-state index contributed by atoms with van der Waals surface area (Å²) in [5.74, 6) is 0. The van der Waals surface area contributed by atoms with Crippen LogP contribution in [0, 0.1) is 0 Å². The summed E-state index contributed by atoms with van der Waals surface area (Å²) in [4.78, 5) is 0. The van der Waals surface area contributed by atoms with Crippen LogP contribution in [0.25, 0.3) is 0 Å². The molecule has 1 aliphatic rings. The predicted molar refractivity (Wildman–Crippen MR) is 55.5 cm³/mol. The number of rotatable bonds is 5. The topological polar surface area (TPSA) is 57.6 Å². The summed E-state index contributed by atoms with van der Waals surface area (Å²) in [6, 6.07) is -0.167. The van der Waals surface area contributed by atoms with Gasteiger partial charge in [0.05, 0.1) is 11.9 Å². The highest BCUT2D eigenvalue weighted by Gasteiger charge is 2.41. The molecule has 0 aromatic rings. The van der Waals surface area contributed by atoms with Crippen molar-refractivity contribution >= 4 is 10.0 Å². The highest BCUT2D eigenvalue weighted by atomic mass is 32.2. The monoisotopic (exact) mass is 221 g/mol. The van der Waals surface area contributed by atoms with Crippen molar-refractivity contribution in [1.29, 1.82) is 0 Å². The first-order valence-electron chi connectivity index (χ1n) is 5.04. The molecule has 4 nitrogen and oxygen atoms in total. The molecule has 0 unspecified atom stereocenters. The van der Waals surface area contributed by atoms with E-state index in [0.717, 1.165) is 12.8 Å². The molecular weight excluding hydrogens is 202 g/mol. The lowest BCUT2D eigenvalue weighted by Crippen LogP contribution is -2.45. The molecule has 1 rings (SSSR count). The molecule has 0 aliphatic heterocycles. The first-order chi connectivity index (χ1) is 6.41. The van der Waals surface area contributed by atoms with Gasteiger partial charge < -0.3 is 5.11 Å². The summed E-state index contributed by atoms with van der Waals surface area (Å²) >= 11 is 0. The maximum atomic E-state index is 11.9. The molecule has 0 amide bonds. The van der Waals surface area contributed by atoms with E-state index >= 15 is 0 Å². The molecule has 1 N–H and O–H groups in total. The first-order valence-corrected chi connectivity index (χ1v) is 6.54. The summed E-state index contributed by atoms with van der Waals surface area (Å²) in [6.07, 6.45) is 1.85. The Labute approximate surface area is 86.0 Å². The Morgan fingerprint density at radius 1 is 1.36 bits per heavy atom. The van der Waals surface area contributed by atoms with Gasteiger partial charge in [0.25, 0.3) is 0 Å². The molecule has 0 spiro atoms. The highest BCUT2D eigenvalue weighted by Crippen LogP contribution is 2.32. The summed E-state index contributed by atoms with van der Waals surface area (Å²) in [6.45, 7) is 4.99. The maximum Gasteiger partial charge on any atom is 0.217 e. The molecular formula is C9H19NO3S. The van der Waals surface area contributed by atoms with Crippen LogP contribution in [-0.4, -0.2) is 41.8 Å². The second kappa shape index (κ2) is 4.16. The number of sulfonamides is 1. The minimum absolute atomic E-state index is 0.109. The number of hydrogen-bond acceptors (Lipinski definition) is 3. The fourth-order valence-corrected chi connectivity index (χ4v) is 3.15. The van der Waals surface area contributed by atoms with Crippen LogP contribution < -0.4 is 0 Å². The lowest BCUT2D eigenvalue weighted by atomic mass is 10.3. The normalized spacial score (nSPS) is 20.4. The minimum Gasteiger partial charge on any atom is -0.395 e. The van der Waals surface area contributed by atoms with Gasteiger partial charge in [-0.2, -0.15) is 4.31 Å². The van der Waals surface area contributed by atoms with Gasteiger partial charge in [0.1, 0.15) is 0 Å². The predicted octanol–water partition coefficient (Wildman–Crippen LogP) is 0.570. The Kier molecular flexibility index (Phi) is 3.55. The number of aliphatic hydroxyl groups excluding tert-OH is 1. The van der Waals surface area contributed by atoms with Crippen LogP contribution in [-0.2, 0) is 10.0 Å². The molecule has 1 aliphatic carbocycles. The summed E-state index contributed by atoms with van der Waals surface area (Å²) in [5, 5.41) is 8.62. The molecule has 0 aromatic heterocycles. The van der Waals surface area contributed by atoms with Crippen molar-refractivity contribution in [1.82, 2.24) is 4.31 Å². The van der Waals surface area contributed by atoms with Crippen LogP contribution in [0.15, 0.2) is 0 Å². The standard InChI is InChI=1S/C9H19NO3S/c1-7(2)14(12,13)10(8(3)6-11)9-4-5-9/h7-9,11H,4-6H2,1-3H3/t8-/m0/s1. The lowest BCUT2D eigenvalue weighted by Gasteiger charge is -2.28. The Bertz CT molecular complexity index is 282. The molecule has 1 saturated carbocycles. The molecule has 5 heteroatoms. The third-order valence-corrected chi connectivity index (χ3v) is 4.93. The van der Waals surface area contributed by atoms with E-state index < -0.39 is 15.3 Å². The average Bonchev–Trinajstić information content (AvgIpc) is 2.87. The van der Waals surface area contributed by atoms with Gasteiger partial charge in [-0.1, -0.05) is 0 Å². The van der Waals surface area contributed by atoms with Crippen molar-refractivity contribution in [2.45, 2.75) is 50.9 Å². The fraction of sp³-hybridized carbons (Fsp3) is 1.00. The molecule has 0 aromatic carbocycles. The van der Waals surface area contributed by atoms with Crippen LogP contribution in [0.5, 0.6) is 0 Å². The third kappa shape index (κ3) is 2.27. The van der Waals surface area contributed by atoms with E-state index in [1.807, 2.05) is 0 Å². The van der Waals surface area contributed by atoms with Crippen LogP contribution in [0.1, 0.15) is 33.6 Å². The second-order valence-corrected chi connectivity index (χ2v) is 6.58. The van der Waals surface area contributed by atoms with Crippen LogP contribution in [0.4, 0.5) is 0 Å². The van der Waals surface area contributed by atoms with Crippen molar-refractivity contribution in [3.05, 3.63) is 0 Å². The zero-order valence-corrected chi connectivity index (χ0v) is 9.79. The number of aliphatic hydroxyl groups is 1. The molecule has 0 heterocycles. The molecule has 0 radical (unpaired) electrons. The Balaban J connectivity index is 2.87. The van der Waals surface area contributed by atoms with E-state index in [0.29, 0.717) is 0 Å². The van der Waals surface area contributed by atoms with Gasteiger partial charge in [0.2, 0.25) is 10.0 Å². The van der Waals surface area contributed by atoms with Crippen LogP contribution in [0.2, 0.25) is 0 Å². The van der Waals surface area contributed by atoms with Crippen molar-refractivity contribution in [3.8, 4) is 0 Å². The molecule has 1 fully saturated rings. The zero-order valence-electron chi connectivity index (χ0n) is 8.97. The number of nitrogens with zero attached hydrogens (tertiary/aromatic N) is 1. The Hall–Kier alpha value is -0.130. The van der Waals surface area contributed by atoms with Crippen LogP contribution in [0.3, 0.4) is 0 Å². The van der Waals surface area contributed by atoms with Gasteiger partial charge in [-0.15, -0.1) is 0 Å². The van der Waals surface area contributed by atoms with E-state index in [1.165, 1.54) is 4.31 Å². The van der Waals surface area contributed by atoms with Crippen molar-refractivity contribution in [2.24, 2.45) is 0 Å². The van der Waals surface area contributed by atoms with E-state index in [4.69, 9.17) is 5.11 Å². The molecule has 0 saturated heterocycles. The summed E-state index contributed by atoms with van der Waals surface area (Å²) in [5.41, 5.74) is 0. The Morgan fingerprint density at radius 2 is 1.86 bits per heavy atom. The van der Waals surface area contributed by atoms with Gasteiger partial charge >= 0.3 is 0 Å². The van der Waals surface area contributed by atoms with Gasteiger partial charge in [-0.05, 0) is 33.6 Å². The van der Waals surface area contributed by atoms with E-state index in [-0.39, 0.29) is 18.7 Å². The summed E-state index contributed by atoms with van der Waals surface area (Å²) in [7, 11) is -3.21. The van der Waals surface area contributed by atoms with Crippen LogP contribution >= 0.6 is 0 Å². The minimum atomic E-state index is -3.21. The van der Waals surface area contributed by atoms with Crippen molar-refractivity contribution < 1.29 is 13.5 Å². The van der Waals surface area contributed by atoms with Gasteiger partial charge in [0.15, 0.2) is 0 Å². The van der Waals surface area contributed by atoms with Gasteiger partial charge in [-0.25, -0.2) is 8.42 Å². The lowest BCUT2D eigenvalue weighted by molar-refractivity contribution is 0.193. The van der Waals surface area contributed by atoms with Crippen molar-refractivity contribution in [2.75, 3.05) is 6.61 Å². The van der Waals surface area contributed by atoms with Gasteiger partial charge in [0, 0.05) is 12.1 Å². The second-order valence-electron chi connectivity index (χ2n) is 4.19. The van der Waals surface area contributed by atoms with Gasteiger partial charge in [-0.3, -0.25) is 0 Å². The smallest absolute Gasteiger partial charge is 0.217 e. The SMILES string of the molecule is CC(C)S(=O)(=O)N(C1CC1)[C@@H](C)CO. The number of hydrogen-bond donors (Lipinski definition) is 1. The average molecular weight is 221 g/mol. The molecule has 14 heavy (non-hydrogen) atoms. The third-order valence-electron chi connectivity index (χ3n) is 2.49. The fourth-order valence-electron chi connectivity index (χ4n) is 1.47. The van der Waals surface area contributed by atoms with Crippen molar-refractivity contribution in [3.63, 3.8) is 0 Å². The van der Waals surface area contributed by atoms with E-state index in [9.17, 15) is 8.42 Å². The maximum absolute atomic E-state index is 11.9. The first kappa shape index (κ1) is 11.9. The molecule has 84 valence electrons. The summed E-state index contributed by atoms with van der Waals surface area (Å²) < 4.78 is 25.3.